The number of hydrogen-bond donors (Lipinski definition) is 3. The Hall–Kier alpha value is -0.750. The van der Waals surface area contributed by atoms with Crippen LogP contribution in [0.25, 0.3) is 0 Å². The Morgan fingerprint density at radius 1 is 0.973 bits per heavy atom. The first-order valence-electron chi connectivity index (χ1n) is 13.3. The Morgan fingerprint density at radius 2 is 1.76 bits per heavy atom. The van der Waals surface area contributed by atoms with Crippen molar-refractivity contribution in [3.8, 4) is 5.75 Å². The summed E-state index contributed by atoms with van der Waals surface area (Å²) in [6, 6.07) is 7.42. The molecule has 1 spiro atoms. The van der Waals surface area contributed by atoms with Crippen LogP contribution in [0.4, 0.5) is 0 Å². The number of benzene rings is 1. The van der Waals surface area contributed by atoms with E-state index in [0.717, 1.165) is 24.3 Å². The predicted molar refractivity (Wildman–Crippen MR) is 124 cm³/mol. The van der Waals surface area contributed by atoms with Crippen LogP contribution in [0, 0.1) is 23.7 Å². The van der Waals surface area contributed by atoms with Crippen molar-refractivity contribution in [1.29, 1.82) is 0 Å². The molecule has 6 rings (SSSR count). The molecule has 9 nitrogen and oxygen atoms in total. The number of fused-ring (bicyclic) bond motifs is 2. The van der Waals surface area contributed by atoms with Gasteiger partial charge in [0.15, 0.2) is 11.9 Å². The van der Waals surface area contributed by atoms with Crippen LogP contribution < -0.4 is 34.3 Å². The van der Waals surface area contributed by atoms with Gasteiger partial charge in [0.25, 0.3) is 0 Å². The molecule has 3 aliphatic carbocycles. The van der Waals surface area contributed by atoms with Gasteiger partial charge in [-0.05, 0) is 74.0 Å². The molecule has 5 fully saturated rings. The molecule has 3 saturated carbocycles. The van der Waals surface area contributed by atoms with Gasteiger partial charge in [-0.3, -0.25) is 0 Å². The van der Waals surface area contributed by atoms with E-state index in [9.17, 15) is 20.1 Å². The van der Waals surface area contributed by atoms with Gasteiger partial charge in [-0.2, -0.15) is 0 Å². The molecule has 37 heavy (non-hydrogen) atoms. The summed E-state index contributed by atoms with van der Waals surface area (Å²) >= 11 is 0. The molecule has 2 heterocycles. The Kier molecular flexibility index (Phi) is 8.02. The van der Waals surface area contributed by atoms with E-state index in [4.69, 9.17) is 19.2 Å². The first kappa shape index (κ1) is 27.8. The molecule has 5 aliphatic rings. The van der Waals surface area contributed by atoms with Gasteiger partial charge in [-0.1, -0.05) is 44.3 Å². The van der Waals surface area contributed by atoms with Crippen molar-refractivity contribution in [2.75, 3.05) is 0 Å². The zero-order chi connectivity index (χ0) is 25.1. The number of hydrogen-bond acceptors (Lipinski definition) is 9. The molecule has 1 aromatic carbocycles. The number of carbonyl (C=O) groups excluding carboxylic acids is 1. The maximum atomic E-state index is 10.6. The number of aliphatic hydroxyl groups excluding tert-OH is 3. The second-order valence-corrected chi connectivity index (χ2v) is 11.4. The molecule has 0 amide bonds. The van der Waals surface area contributed by atoms with Crippen molar-refractivity contribution >= 4 is 6.47 Å². The van der Waals surface area contributed by atoms with Gasteiger partial charge in [-0.25, -0.2) is 9.78 Å². The third-order valence-corrected chi connectivity index (χ3v) is 9.72. The maximum absolute atomic E-state index is 10.6. The topological polar surface area (TPSA) is 124 Å². The Balaban J connectivity index is 0.00000280. The molecule has 0 radical (unpaired) electrons. The van der Waals surface area contributed by atoms with E-state index in [2.05, 4.69) is 11.7 Å². The molecule has 2 saturated heterocycles. The van der Waals surface area contributed by atoms with Crippen LogP contribution in [0.1, 0.15) is 63.9 Å². The van der Waals surface area contributed by atoms with Crippen molar-refractivity contribution in [3.05, 3.63) is 29.8 Å². The molecular formula is C27H35NaO9. The zero-order valence-electron chi connectivity index (χ0n) is 21.5. The standard InChI is InChI=1S/C27H35O9.Na/c1-26(27(36-35-26)17-8-5-11-20(27)19-10-3-2-6-15(19)12-17)16-7-4-9-18(13-16)33-25-23(31)21(29)22(30)24(34-25)32-14-28;/h4,7,9,13,15,17,19-25,29-31H,2-3,5-6,8,10-12H2,1H3;/q-1;+1/t15?,17?,19?,20?,21?,22?,23?,24?,25-,26?,27?;/m1./s1. The van der Waals surface area contributed by atoms with Crippen LogP contribution in [0.5, 0.6) is 5.75 Å². The number of rotatable bonds is 5. The van der Waals surface area contributed by atoms with E-state index in [1.54, 1.807) is 6.07 Å². The van der Waals surface area contributed by atoms with E-state index in [0.29, 0.717) is 23.5 Å². The summed E-state index contributed by atoms with van der Waals surface area (Å²) < 4.78 is 15.9. The molecule has 2 bridgehead atoms. The normalized spacial score (nSPS) is 46.6. The predicted octanol–water partition coefficient (Wildman–Crippen LogP) is -0.539. The van der Waals surface area contributed by atoms with Gasteiger partial charge in [0.2, 0.25) is 6.29 Å². The van der Waals surface area contributed by atoms with Crippen molar-refractivity contribution in [2.24, 2.45) is 23.7 Å². The van der Waals surface area contributed by atoms with Crippen LogP contribution in [-0.2, 0) is 29.6 Å². The fourth-order valence-corrected chi connectivity index (χ4v) is 8.03. The van der Waals surface area contributed by atoms with Crippen molar-refractivity contribution in [3.63, 3.8) is 0 Å². The summed E-state index contributed by atoms with van der Waals surface area (Å²) in [5.74, 6) is 2.74. The summed E-state index contributed by atoms with van der Waals surface area (Å²) in [6.07, 6.45) is 2.25. The Bertz CT molecular complexity index is 979. The molecule has 198 valence electrons. The van der Waals surface area contributed by atoms with Crippen LogP contribution in [-0.4, -0.2) is 58.3 Å². The van der Waals surface area contributed by atoms with Crippen molar-refractivity contribution < 1.29 is 73.7 Å². The van der Waals surface area contributed by atoms with Gasteiger partial charge in [0, 0.05) is 0 Å². The second-order valence-electron chi connectivity index (χ2n) is 11.4. The summed E-state index contributed by atoms with van der Waals surface area (Å²) in [4.78, 5) is 22.8. The average molecular weight is 527 g/mol. The Morgan fingerprint density at radius 3 is 2.51 bits per heavy atom. The van der Waals surface area contributed by atoms with Gasteiger partial charge in [-0.15, -0.1) is 0 Å². The van der Waals surface area contributed by atoms with E-state index in [1.165, 1.54) is 45.0 Å². The quantitative estimate of drug-likeness (QED) is 0.264. The smallest absolute Gasteiger partial charge is 0.630 e. The van der Waals surface area contributed by atoms with Crippen LogP contribution in [0.15, 0.2) is 24.3 Å². The summed E-state index contributed by atoms with van der Waals surface area (Å²) in [5.41, 5.74) is -0.107. The van der Waals surface area contributed by atoms with E-state index >= 15 is 0 Å². The monoisotopic (exact) mass is 526 g/mol. The van der Waals surface area contributed by atoms with Crippen LogP contribution >= 0.6 is 0 Å². The number of ether oxygens (including phenoxy) is 3. The number of aliphatic hydroxyl groups is 3. The van der Waals surface area contributed by atoms with E-state index < -0.39 is 36.5 Å². The summed E-state index contributed by atoms with van der Waals surface area (Å²) in [7, 11) is 0. The second kappa shape index (κ2) is 10.7. The molecule has 10 unspecified atom stereocenters. The maximum Gasteiger partial charge on any atom is 1.00 e. The minimum atomic E-state index is -1.63. The Labute approximate surface area is 239 Å². The molecule has 3 N–H and O–H groups in total. The van der Waals surface area contributed by atoms with Gasteiger partial charge >= 0.3 is 29.6 Å². The average Bonchev–Trinajstić information content (AvgIpc) is 2.89. The molecule has 0 aromatic heterocycles. The SMILES string of the molecule is CC1(c2cccc(O[C@@H]3OC(O[C-]=O)C(O)C(O)C3O)c2)OOC12C1CCCC2C2CCCCC2C1.[Na+]. The molecule has 11 atom stereocenters. The summed E-state index contributed by atoms with van der Waals surface area (Å²) in [5, 5.41) is 30.6. The molecule has 10 heteroatoms. The van der Waals surface area contributed by atoms with Crippen LogP contribution in [0.3, 0.4) is 0 Å². The van der Waals surface area contributed by atoms with Gasteiger partial charge < -0.3 is 34.3 Å². The van der Waals surface area contributed by atoms with Crippen molar-refractivity contribution in [1.82, 2.24) is 0 Å². The fraction of sp³-hybridized carbons (Fsp3) is 0.741. The first-order valence-corrected chi connectivity index (χ1v) is 13.3. The van der Waals surface area contributed by atoms with Gasteiger partial charge in [0.1, 0.15) is 29.7 Å². The minimum Gasteiger partial charge on any atom is -0.630 e. The third-order valence-electron chi connectivity index (χ3n) is 9.72. The summed E-state index contributed by atoms with van der Waals surface area (Å²) in [6.45, 7) is 3.30. The molecule has 2 aliphatic heterocycles. The van der Waals surface area contributed by atoms with Crippen LogP contribution in [0.2, 0.25) is 0 Å². The third kappa shape index (κ3) is 4.30. The van der Waals surface area contributed by atoms with E-state index in [-0.39, 0.29) is 35.2 Å². The van der Waals surface area contributed by atoms with Gasteiger partial charge in [0.05, 0.1) is 0 Å². The molecule has 1 aromatic rings. The molecular weight excluding hydrogens is 491 g/mol. The largest absolute Gasteiger partial charge is 1.00 e. The fourth-order valence-electron chi connectivity index (χ4n) is 8.03. The minimum absolute atomic E-state index is 0. The first-order chi connectivity index (χ1) is 17.4. The zero-order valence-corrected chi connectivity index (χ0v) is 23.5. The van der Waals surface area contributed by atoms with E-state index in [1.807, 2.05) is 18.2 Å². The van der Waals surface area contributed by atoms with Crippen molar-refractivity contribution in [2.45, 2.75) is 100 Å².